The van der Waals surface area contributed by atoms with Crippen LogP contribution < -0.4 is 10.1 Å². The Hall–Kier alpha value is -2.12. The molecule has 2 aliphatic carbocycles. The van der Waals surface area contributed by atoms with Crippen LogP contribution in [0.5, 0.6) is 5.75 Å². The quantitative estimate of drug-likeness (QED) is 0.262. The standard InChI is InChI=1S/C29H45NO6/c1-4-6-7-10-21(31)12-13-23-24-14-19-9-8-11-27(25(19)15-20(24)16-26(23)32)35-18-29(34)36-22(5-2)17-28(33)30-3/h8-9,11,20-24,26,31-32H,4-7,10,12-18H2,1-3H3,(H,30,33)/t20-,21-,22?,23+,24-,26+/m0/s1. The zero-order chi connectivity index (χ0) is 26.1. The molecule has 7 heteroatoms. The van der Waals surface area contributed by atoms with Crippen molar-refractivity contribution >= 4 is 11.9 Å². The van der Waals surface area contributed by atoms with Crippen molar-refractivity contribution in [2.75, 3.05) is 13.7 Å². The molecule has 3 N–H and O–H groups in total. The minimum Gasteiger partial charge on any atom is -0.482 e. The normalized spacial score (nSPS) is 24.4. The van der Waals surface area contributed by atoms with Gasteiger partial charge in [-0.1, -0.05) is 45.2 Å². The molecule has 0 spiro atoms. The van der Waals surface area contributed by atoms with Gasteiger partial charge in [-0.15, -0.1) is 0 Å². The summed E-state index contributed by atoms with van der Waals surface area (Å²) in [6.45, 7) is 3.85. The molecule has 1 saturated carbocycles. The van der Waals surface area contributed by atoms with Gasteiger partial charge in [-0.05, 0) is 79.9 Å². The number of carbonyl (C=O) groups is 2. The first-order valence-corrected chi connectivity index (χ1v) is 13.9. The number of unbranched alkanes of at least 4 members (excludes halogenated alkanes) is 2. The molecule has 2 aliphatic rings. The van der Waals surface area contributed by atoms with Crippen LogP contribution in [0.4, 0.5) is 0 Å². The van der Waals surface area contributed by atoms with E-state index in [2.05, 4.69) is 18.3 Å². The van der Waals surface area contributed by atoms with Crippen molar-refractivity contribution in [2.24, 2.45) is 17.8 Å². The SMILES string of the molecule is CCCCC[C@H](O)CC[C@@H]1[C@H]2Cc3cccc(OCC(=O)OC(CC)CC(=O)NC)c3C[C@H]2C[C@H]1O. The zero-order valence-corrected chi connectivity index (χ0v) is 22.2. The third kappa shape index (κ3) is 7.69. The number of nitrogens with one attached hydrogen (secondary N) is 1. The molecule has 1 aromatic carbocycles. The van der Waals surface area contributed by atoms with Gasteiger partial charge in [0, 0.05) is 7.05 Å². The molecule has 1 amide bonds. The highest BCUT2D eigenvalue weighted by molar-refractivity contribution is 5.77. The van der Waals surface area contributed by atoms with Gasteiger partial charge in [0.25, 0.3) is 0 Å². The molecule has 1 fully saturated rings. The van der Waals surface area contributed by atoms with Crippen LogP contribution in [0.3, 0.4) is 0 Å². The van der Waals surface area contributed by atoms with Gasteiger partial charge < -0.3 is 25.0 Å². The predicted octanol–water partition coefficient (Wildman–Crippen LogP) is 3.96. The second-order valence-electron chi connectivity index (χ2n) is 10.6. The summed E-state index contributed by atoms with van der Waals surface area (Å²) in [4.78, 5) is 24.0. The lowest BCUT2D eigenvalue weighted by molar-refractivity contribution is -0.152. The summed E-state index contributed by atoms with van der Waals surface area (Å²) in [5, 5.41) is 23.8. The molecule has 0 heterocycles. The number of amides is 1. The lowest BCUT2D eigenvalue weighted by Gasteiger charge is -2.32. The summed E-state index contributed by atoms with van der Waals surface area (Å²) in [6, 6.07) is 5.97. The second kappa shape index (κ2) is 14.0. The number of hydrogen-bond acceptors (Lipinski definition) is 6. The molecule has 0 radical (unpaired) electrons. The fraction of sp³-hybridized carbons (Fsp3) is 0.724. The Labute approximate surface area is 216 Å². The smallest absolute Gasteiger partial charge is 0.344 e. The van der Waals surface area contributed by atoms with E-state index >= 15 is 0 Å². The first-order valence-electron chi connectivity index (χ1n) is 13.9. The largest absolute Gasteiger partial charge is 0.482 e. The van der Waals surface area contributed by atoms with Crippen molar-refractivity contribution < 1.29 is 29.3 Å². The summed E-state index contributed by atoms with van der Waals surface area (Å²) in [7, 11) is 1.56. The Kier molecular flexibility index (Phi) is 11.1. The van der Waals surface area contributed by atoms with Crippen molar-refractivity contribution in [2.45, 2.75) is 103 Å². The number of benzene rings is 1. The zero-order valence-electron chi connectivity index (χ0n) is 22.2. The van der Waals surface area contributed by atoms with E-state index < -0.39 is 12.1 Å². The highest BCUT2D eigenvalue weighted by atomic mass is 16.6. The topological polar surface area (TPSA) is 105 Å². The van der Waals surface area contributed by atoms with E-state index in [1.165, 1.54) is 5.56 Å². The van der Waals surface area contributed by atoms with E-state index in [9.17, 15) is 19.8 Å². The number of esters is 1. The minimum absolute atomic E-state index is 0.141. The first kappa shape index (κ1) is 28.5. The fourth-order valence-electron chi connectivity index (χ4n) is 6.03. The van der Waals surface area contributed by atoms with Gasteiger partial charge in [-0.3, -0.25) is 4.79 Å². The third-order valence-electron chi connectivity index (χ3n) is 8.11. The van der Waals surface area contributed by atoms with Crippen LogP contribution in [0.15, 0.2) is 18.2 Å². The van der Waals surface area contributed by atoms with Crippen molar-refractivity contribution in [1.29, 1.82) is 0 Å². The molecule has 0 saturated heterocycles. The van der Waals surface area contributed by atoms with E-state index in [1.807, 2.05) is 19.1 Å². The Morgan fingerprint density at radius 3 is 2.69 bits per heavy atom. The average molecular weight is 504 g/mol. The number of hydrogen-bond donors (Lipinski definition) is 3. The van der Waals surface area contributed by atoms with Gasteiger partial charge in [-0.2, -0.15) is 0 Å². The summed E-state index contributed by atoms with van der Waals surface area (Å²) in [5.74, 6) is 1.06. The Morgan fingerprint density at radius 2 is 1.97 bits per heavy atom. The molecular formula is C29H45NO6. The first-order chi connectivity index (χ1) is 17.4. The predicted molar refractivity (Wildman–Crippen MR) is 139 cm³/mol. The second-order valence-corrected chi connectivity index (χ2v) is 10.6. The monoisotopic (exact) mass is 503 g/mol. The fourth-order valence-corrected chi connectivity index (χ4v) is 6.03. The number of carbonyl (C=O) groups excluding carboxylic acids is 2. The van der Waals surface area contributed by atoms with E-state index in [0.29, 0.717) is 24.0 Å². The van der Waals surface area contributed by atoms with Crippen LogP contribution in [0, 0.1) is 17.8 Å². The molecule has 6 atom stereocenters. The molecule has 0 aromatic heterocycles. The van der Waals surface area contributed by atoms with Gasteiger partial charge >= 0.3 is 5.97 Å². The molecule has 7 nitrogen and oxygen atoms in total. The van der Waals surface area contributed by atoms with Crippen molar-refractivity contribution in [1.82, 2.24) is 5.32 Å². The minimum atomic E-state index is -0.481. The number of ether oxygens (including phenoxy) is 2. The van der Waals surface area contributed by atoms with Crippen LogP contribution in [0.25, 0.3) is 0 Å². The summed E-state index contributed by atoms with van der Waals surface area (Å²) in [6.07, 6.45) is 7.95. The van der Waals surface area contributed by atoms with Gasteiger partial charge in [0.2, 0.25) is 5.91 Å². The molecule has 0 aliphatic heterocycles. The van der Waals surface area contributed by atoms with Gasteiger partial charge in [-0.25, -0.2) is 4.79 Å². The maximum absolute atomic E-state index is 12.4. The molecular weight excluding hydrogens is 458 g/mol. The van der Waals surface area contributed by atoms with Gasteiger partial charge in [0.15, 0.2) is 6.61 Å². The Bertz CT molecular complexity index is 858. The highest BCUT2D eigenvalue weighted by Gasteiger charge is 2.44. The van der Waals surface area contributed by atoms with E-state index in [-0.39, 0.29) is 37.1 Å². The Morgan fingerprint density at radius 1 is 1.17 bits per heavy atom. The lowest BCUT2D eigenvalue weighted by atomic mass is 9.73. The summed E-state index contributed by atoms with van der Waals surface area (Å²) >= 11 is 0. The van der Waals surface area contributed by atoms with Crippen LogP contribution in [-0.2, 0) is 27.2 Å². The van der Waals surface area contributed by atoms with Crippen molar-refractivity contribution in [3.63, 3.8) is 0 Å². The van der Waals surface area contributed by atoms with Crippen LogP contribution in [0.2, 0.25) is 0 Å². The van der Waals surface area contributed by atoms with E-state index in [0.717, 1.165) is 63.4 Å². The highest BCUT2D eigenvalue weighted by Crippen LogP contribution is 2.48. The summed E-state index contributed by atoms with van der Waals surface area (Å²) in [5.41, 5.74) is 2.34. The number of fused-ring (bicyclic) bond motifs is 2. The molecule has 1 unspecified atom stereocenters. The molecule has 3 rings (SSSR count). The molecule has 1 aromatic rings. The number of aliphatic hydroxyl groups excluding tert-OH is 2. The molecule has 0 bridgehead atoms. The number of aliphatic hydroxyl groups is 2. The van der Waals surface area contributed by atoms with Crippen molar-refractivity contribution in [3.05, 3.63) is 29.3 Å². The number of rotatable bonds is 14. The lowest BCUT2D eigenvalue weighted by Crippen LogP contribution is -2.29. The molecule has 202 valence electrons. The Balaban J connectivity index is 1.56. The molecule has 36 heavy (non-hydrogen) atoms. The summed E-state index contributed by atoms with van der Waals surface area (Å²) < 4.78 is 11.3. The average Bonchev–Trinajstić information content (AvgIpc) is 3.18. The van der Waals surface area contributed by atoms with Crippen LogP contribution >= 0.6 is 0 Å². The van der Waals surface area contributed by atoms with E-state index in [1.54, 1.807) is 7.05 Å². The van der Waals surface area contributed by atoms with E-state index in [4.69, 9.17) is 9.47 Å². The maximum Gasteiger partial charge on any atom is 0.344 e. The third-order valence-corrected chi connectivity index (χ3v) is 8.11. The van der Waals surface area contributed by atoms with Crippen LogP contribution in [0.1, 0.15) is 82.8 Å². The van der Waals surface area contributed by atoms with Crippen molar-refractivity contribution in [3.8, 4) is 5.75 Å². The van der Waals surface area contributed by atoms with Gasteiger partial charge in [0.1, 0.15) is 11.9 Å². The van der Waals surface area contributed by atoms with Crippen LogP contribution in [-0.4, -0.2) is 54.1 Å². The maximum atomic E-state index is 12.4. The van der Waals surface area contributed by atoms with Gasteiger partial charge in [0.05, 0.1) is 18.6 Å².